The van der Waals surface area contributed by atoms with Gasteiger partial charge in [0.15, 0.2) is 5.96 Å². The molecule has 0 saturated carbocycles. The summed E-state index contributed by atoms with van der Waals surface area (Å²) in [4.78, 5) is 32.4. The van der Waals surface area contributed by atoms with Gasteiger partial charge in [0.05, 0.1) is 13.2 Å². The Kier molecular flexibility index (Phi) is 9.67. The van der Waals surface area contributed by atoms with E-state index in [2.05, 4.69) is 21.7 Å². The van der Waals surface area contributed by atoms with Crippen molar-refractivity contribution < 1.29 is 14.3 Å². The lowest BCUT2D eigenvalue weighted by atomic mass is 10.0. The van der Waals surface area contributed by atoms with E-state index in [0.717, 1.165) is 37.9 Å². The molecular formula is C21H32IN5O3. The van der Waals surface area contributed by atoms with Gasteiger partial charge < -0.3 is 25.2 Å². The summed E-state index contributed by atoms with van der Waals surface area (Å²) in [5.74, 6) is 0.649. The number of nitrogens with zero attached hydrogens (tertiary/aromatic N) is 3. The summed E-state index contributed by atoms with van der Waals surface area (Å²) >= 11 is 0. The molecule has 9 heteroatoms. The van der Waals surface area contributed by atoms with Gasteiger partial charge in [0.2, 0.25) is 5.91 Å². The van der Waals surface area contributed by atoms with Gasteiger partial charge in [-0.3, -0.25) is 9.79 Å². The van der Waals surface area contributed by atoms with Gasteiger partial charge in [-0.15, -0.1) is 24.0 Å². The molecule has 1 saturated heterocycles. The Hall–Kier alpha value is -2.04. The van der Waals surface area contributed by atoms with E-state index < -0.39 is 0 Å². The maximum absolute atomic E-state index is 12.8. The molecule has 0 radical (unpaired) electrons. The third-order valence-electron chi connectivity index (χ3n) is 5.40. The van der Waals surface area contributed by atoms with Crippen molar-refractivity contribution in [3.05, 3.63) is 29.8 Å². The molecule has 0 aliphatic carbocycles. The number of amides is 2. The van der Waals surface area contributed by atoms with Crippen LogP contribution in [0.5, 0.6) is 0 Å². The van der Waals surface area contributed by atoms with Gasteiger partial charge >= 0.3 is 6.09 Å². The third-order valence-corrected chi connectivity index (χ3v) is 5.40. The molecule has 2 aliphatic rings. The first-order valence-corrected chi connectivity index (χ1v) is 10.4. The fraction of sp³-hybridized carbons (Fsp3) is 0.571. The van der Waals surface area contributed by atoms with Gasteiger partial charge in [-0.05, 0) is 44.2 Å². The second-order valence-electron chi connectivity index (χ2n) is 7.31. The Morgan fingerprint density at radius 2 is 1.93 bits per heavy atom. The maximum atomic E-state index is 12.8. The molecule has 0 spiro atoms. The number of likely N-dealkylation sites (tertiary alicyclic amines) is 1. The molecule has 2 aliphatic heterocycles. The van der Waals surface area contributed by atoms with Crippen LogP contribution in [-0.4, -0.2) is 68.7 Å². The van der Waals surface area contributed by atoms with Crippen LogP contribution >= 0.6 is 24.0 Å². The zero-order chi connectivity index (χ0) is 20.6. The zero-order valence-corrected chi connectivity index (χ0v) is 20.1. The predicted octanol–water partition coefficient (Wildman–Crippen LogP) is 2.37. The number of halogens is 1. The number of carbonyl (C=O) groups excluding carboxylic acids is 2. The summed E-state index contributed by atoms with van der Waals surface area (Å²) in [5, 5.41) is 6.51. The van der Waals surface area contributed by atoms with E-state index >= 15 is 0 Å². The van der Waals surface area contributed by atoms with Crippen LogP contribution in [0.2, 0.25) is 0 Å². The minimum absolute atomic E-state index is 0. The maximum Gasteiger partial charge on any atom is 0.409 e. The van der Waals surface area contributed by atoms with Crippen LogP contribution < -0.4 is 15.5 Å². The van der Waals surface area contributed by atoms with Crippen molar-refractivity contribution in [2.45, 2.75) is 38.6 Å². The number of aryl methyl sites for hydroxylation is 1. The van der Waals surface area contributed by atoms with E-state index in [1.54, 1.807) is 11.9 Å². The van der Waals surface area contributed by atoms with Crippen molar-refractivity contribution in [2.75, 3.05) is 44.7 Å². The number of anilines is 1. The number of guanidine groups is 1. The summed E-state index contributed by atoms with van der Waals surface area (Å²) in [7, 11) is 1.70. The van der Waals surface area contributed by atoms with Gasteiger partial charge in [0.25, 0.3) is 0 Å². The van der Waals surface area contributed by atoms with Crippen molar-refractivity contribution in [1.82, 2.24) is 15.5 Å². The van der Waals surface area contributed by atoms with E-state index in [4.69, 9.17) is 4.74 Å². The van der Waals surface area contributed by atoms with E-state index in [1.807, 2.05) is 30.0 Å². The van der Waals surface area contributed by atoms with E-state index in [9.17, 15) is 9.59 Å². The number of aliphatic imine (C=N–C) groups is 1. The number of ether oxygens (including phenoxy) is 1. The van der Waals surface area contributed by atoms with Crippen LogP contribution in [0.4, 0.5) is 10.5 Å². The van der Waals surface area contributed by atoms with Crippen molar-refractivity contribution >= 4 is 47.6 Å². The van der Waals surface area contributed by atoms with Crippen LogP contribution in [0.1, 0.15) is 31.7 Å². The summed E-state index contributed by atoms with van der Waals surface area (Å²) in [6.07, 6.45) is 3.37. The Morgan fingerprint density at radius 3 is 2.63 bits per heavy atom. The van der Waals surface area contributed by atoms with Gasteiger partial charge in [-0.2, -0.15) is 0 Å². The van der Waals surface area contributed by atoms with Crippen LogP contribution in [0.25, 0.3) is 0 Å². The molecule has 0 atom stereocenters. The highest BCUT2D eigenvalue weighted by atomic mass is 127. The summed E-state index contributed by atoms with van der Waals surface area (Å²) in [6.45, 7) is 4.44. The largest absolute Gasteiger partial charge is 0.450 e. The average Bonchev–Trinajstić information content (AvgIpc) is 2.76. The Morgan fingerprint density at radius 1 is 1.20 bits per heavy atom. The first-order valence-electron chi connectivity index (χ1n) is 10.4. The lowest BCUT2D eigenvalue weighted by molar-refractivity contribution is -0.117. The summed E-state index contributed by atoms with van der Waals surface area (Å²) in [5.41, 5.74) is 2.24. The second kappa shape index (κ2) is 12.0. The van der Waals surface area contributed by atoms with Gasteiger partial charge in [-0.25, -0.2) is 4.79 Å². The Balaban J connectivity index is 0.00000320. The fourth-order valence-electron chi connectivity index (χ4n) is 3.86. The van der Waals surface area contributed by atoms with Crippen molar-refractivity contribution in [2.24, 2.45) is 4.99 Å². The van der Waals surface area contributed by atoms with Crippen LogP contribution in [0, 0.1) is 0 Å². The highest BCUT2D eigenvalue weighted by Gasteiger charge is 2.25. The average molecular weight is 529 g/mol. The molecule has 1 aromatic rings. The number of hydrogen-bond acceptors (Lipinski definition) is 4. The fourth-order valence-corrected chi connectivity index (χ4v) is 3.86. The quantitative estimate of drug-likeness (QED) is 0.356. The monoisotopic (exact) mass is 529 g/mol. The number of fused-ring (bicyclic) bond motifs is 1. The molecular weight excluding hydrogens is 497 g/mol. The molecule has 8 nitrogen and oxygen atoms in total. The standard InChI is InChI=1S/C21H31N5O3.HI/c1-3-29-21(28)25-13-10-17(11-14-25)24-20(22-2)23-15-19(27)26-12-6-8-16-7-4-5-9-18(16)26;/h4-5,7,9,17H,3,6,8,10-15H2,1-2H3,(H2,22,23,24);1H. The van der Waals surface area contributed by atoms with E-state index in [1.165, 1.54) is 5.56 Å². The topological polar surface area (TPSA) is 86.3 Å². The molecule has 2 amide bonds. The molecule has 2 N–H and O–H groups in total. The highest BCUT2D eigenvalue weighted by Crippen LogP contribution is 2.26. The van der Waals surface area contributed by atoms with Gasteiger partial charge in [0.1, 0.15) is 0 Å². The number of para-hydroxylation sites is 1. The van der Waals surface area contributed by atoms with Gasteiger partial charge in [0, 0.05) is 38.4 Å². The number of piperidine rings is 1. The van der Waals surface area contributed by atoms with Crippen LogP contribution in [-0.2, 0) is 16.0 Å². The number of nitrogens with one attached hydrogen (secondary N) is 2. The first kappa shape index (κ1) is 24.2. The van der Waals surface area contributed by atoms with E-state index in [-0.39, 0.29) is 48.6 Å². The predicted molar refractivity (Wildman–Crippen MR) is 129 cm³/mol. The van der Waals surface area contributed by atoms with Crippen LogP contribution in [0.3, 0.4) is 0 Å². The Labute approximate surface area is 195 Å². The lowest BCUT2D eigenvalue weighted by Gasteiger charge is -2.32. The lowest BCUT2D eigenvalue weighted by Crippen LogP contribution is -2.51. The second-order valence-corrected chi connectivity index (χ2v) is 7.31. The molecule has 1 aromatic carbocycles. The SMILES string of the molecule is CCOC(=O)N1CCC(NC(=NC)NCC(=O)N2CCCc3ccccc32)CC1.I. The zero-order valence-electron chi connectivity index (χ0n) is 17.7. The van der Waals surface area contributed by atoms with Crippen LogP contribution in [0.15, 0.2) is 29.3 Å². The first-order chi connectivity index (χ1) is 14.1. The van der Waals surface area contributed by atoms with E-state index in [0.29, 0.717) is 25.7 Å². The number of carbonyl (C=O) groups is 2. The van der Waals surface area contributed by atoms with Crippen molar-refractivity contribution in [1.29, 1.82) is 0 Å². The number of hydrogen-bond donors (Lipinski definition) is 2. The molecule has 0 aromatic heterocycles. The summed E-state index contributed by atoms with van der Waals surface area (Å²) < 4.78 is 5.05. The minimum atomic E-state index is -0.249. The molecule has 0 unspecified atom stereocenters. The molecule has 1 fully saturated rings. The Bertz CT molecular complexity index is 750. The molecule has 30 heavy (non-hydrogen) atoms. The molecule has 0 bridgehead atoms. The summed E-state index contributed by atoms with van der Waals surface area (Å²) in [6, 6.07) is 8.30. The highest BCUT2D eigenvalue weighted by molar-refractivity contribution is 14.0. The number of rotatable bonds is 4. The molecule has 3 rings (SSSR count). The molecule has 166 valence electrons. The third kappa shape index (κ3) is 6.23. The van der Waals surface area contributed by atoms with Gasteiger partial charge in [-0.1, -0.05) is 18.2 Å². The molecule has 2 heterocycles. The minimum Gasteiger partial charge on any atom is -0.450 e. The number of benzene rings is 1. The smallest absolute Gasteiger partial charge is 0.409 e. The van der Waals surface area contributed by atoms with Crippen molar-refractivity contribution in [3.8, 4) is 0 Å². The van der Waals surface area contributed by atoms with Crippen molar-refractivity contribution in [3.63, 3.8) is 0 Å². The normalized spacial score (nSPS) is 16.9.